The molecule has 0 aliphatic rings. The molecule has 0 amide bonds. The summed E-state index contributed by atoms with van der Waals surface area (Å²) in [6.45, 7) is 4.29. The van der Waals surface area contributed by atoms with Gasteiger partial charge in [0.2, 0.25) is 0 Å². The highest BCUT2D eigenvalue weighted by Crippen LogP contribution is 2.31. The second-order valence-corrected chi connectivity index (χ2v) is 5.43. The molecule has 4 nitrogen and oxygen atoms in total. The van der Waals surface area contributed by atoms with Crippen molar-refractivity contribution in [3.05, 3.63) is 33.9 Å². The molecule has 0 unspecified atom stereocenters. The molecular weight excluding hydrogens is 282 g/mol. The molecule has 2 rings (SSSR count). The van der Waals surface area contributed by atoms with E-state index in [9.17, 15) is 0 Å². The zero-order valence-corrected chi connectivity index (χ0v) is 12.5. The molecule has 6 heteroatoms. The number of rotatable bonds is 6. The summed E-state index contributed by atoms with van der Waals surface area (Å²) < 4.78 is 5.19. The van der Waals surface area contributed by atoms with Crippen molar-refractivity contribution in [2.45, 2.75) is 20.1 Å². The number of thiazole rings is 1. The van der Waals surface area contributed by atoms with Gasteiger partial charge in [-0.2, -0.15) is 0 Å². The summed E-state index contributed by atoms with van der Waals surface area (Å²) in [7, 11) is 1.67. The van der Waals surface area contributed by atoms with Crippen LogP contribution in [0, 0.1) is 0 Å². The first kappa shape index (κ1) is 14.4. The van der Waals surface area contributed by atoms with Crippen molar-refractivity contribution in [1.29, 1.82) is 0 Å². The van der Waals surface area contributed by atoms with Gasteiger partial charge in [0.05, 0.1) is 17.3 Å². The number of pyridine rings is 1. The zero-order chi connectivity index (χ0) is 13.7. The topological polar surface area (TPSA) is 47.0 Å². The molecule has 2 heterocycles. The highest BCUT2D eigenvalue weighted by atomic mass is 35.5. The van der Waals surface area contributed by atoms with Gasteiger partial charge in [0.1, 0.15) is 10.7 Å². The van der Waals surface area contributed by atoms with Gasteiger partial charge in [-0.3, -0.25) is 4.98 Å². The molecular formula is C13H16ClN3OS. The Kier molecular flexibility index (Phi) is 5.27. The van der Waals surface area contributed by atoms with Crippen molar-refractivity contribution in [3.8, 4) is 10.7 Å². The van der Waals surface area contributed by atoms with Gasteiger partial charge in [-0.1, -0.05) is 18.5 Å². The SMILES string of the molecule is CCNCc1sc(-c2ncccc2Cl)nc1COC. The Morgan fingerprint density at radius 2 is 2.32 bits per heavy atom. The Bertz CT molecular complexity index is 544. The summed E-state index contributed by atoms with van der Waals surface area (Å²) in [5.41, 5.74) is 1.68. The van der Waals surface area contributed by atoms with Crippen LogP contribution in [0.25, 0.3) is 10.7 Å². The van der Waals surface area contributed by atoms with Gasteiger partial charge in [0.15, 0.2) is 0 Å². The van der Waals surface area contributed by atoms with E-state index < -0.39 is 0 Å². The third-order valence-corrected chi connectivity index (χ3v) is 3.97. The molecule has 0 spiro atoms. The lowest BCUT2D eigenvalue weighted by Crippen LogP contribution is -2.12. The van der Waals surface area contributed by atoms with E-state index in [-0.39, 0.29) is 0 Å². The monoisotopic (exact) mass is 297 g/mol. The smallest absolute Gasteiger partial charge is 0.144 e. The summed E-state index contributed by atoms with van der Waals surface area (Å²) >= 11 is 7.77. The Balaban J connectivity index is 2.34. The minimum absolute atomic E-state index is 0.502. The minimum atomic E-state index is 0.502. The average molecular weight is 298 g/mol. The average Bonchev–Trinajstić information content (AvgIpc) is 2.80. The Morgan fingerprint density at radius 3 is 3.00 bits per heavy atom. The standard InChI is InChI=1S/C13H16ClN3OS/c1-3-15-7-11-10(8-18-2)17-13(19-11)12-9(14)5-4-6-16-12/h4-6,15H,3,7-8H2,1-2H3. The summed E-state index contributed by atoms with van der Waals surface area (Å²) in [6.07, 6.45) is 1.72. The van der Waals surface area contributed by atoms with Gasteiger partial charge in [-0.05, 0) is 18.7 Å². The van der Waals surface area contributed by atoms with E-state index in [1.807, 2.05) is 12.1 Å². The van der Waals surface area contributed by atoms with Crippen molar-refractivity contribution < 1.29 is 4.74 Å². The number of hydrogen-bond acceptors (Lipinski definition) is 5. The van der Waals surface area contributed by atoms with Crippen LogP contribution in [0.3, 0.4) is 0 Å². The molecule has 19 heavy (non-hydrogen) atoms. The van der Waals surface area contributed by atoms with Crippen molar-refractivity contribution in [1.82, 2.24) is 15.3 Å². The van der Waals surface area contributed by atoms with Crippen LogP contribution in [0.2, 0.25) is 5.02 Å². The quantitative estimate of drug-likeness (QED) is 0.890. The molecule has 0 atom stereocenters. The summed E-state index contributed by atoms with van der Waals surface area (Å²) in [5.74, 6) is 0. The highest BCUT2D eigenvalue weighted by Gasteiger charge is 2.14. The first-order valence-corrected chi connectivity index (χ1v) is 7.24. The summed E-state index contributed by atoms with van der Waals surface area (Å²) in [6, 6.07) is 3.64. The van der Waals surface area contributed by atoms with E-state index in [2.05, 4.69) is 22.2 Å². The molecule has 2 aromatic rings. The van der Waals surface area contributed by atoms with Crippen LogP contribution in [0.5, 0.6) is 0 Å². The first-order valence-electron chi connectivity index (χ1n) is 6.05. The van der Waals surface area contributed by atoms with Gasteiger partial charge in [-0.25, -0.2) is 4.98 Å². The Morgan fingerprint density at radius 1 is 1.47 bits per heavy atom. The number of aromatic nitrogens is 2. The maximum atomic E-state index is 6.16. The molecule has 0 aliphatic heterocycles. The second-order valence-electron chi connectivity index (χ2n) is 3.94. The summed E-state index contributed by atoms with van der Waals surface area (Å²) in [4.78, 5) is 10.1. The van der Waals surface area contributed by atoms with Crippen molar-refractivity contribution in [2.24, 2.45) is 0 Å². The van der Waals surface area contributed by atoms with E-state index in [4.69, 9.17) is 16.3 Å². The van der Waals surface area contributed by atoms with Gasteiger partial charge in [0, 0.05) is 24.7 Å². The molecule has 102 valence electrons. The normalized spacial score (nSPS) is 10.9. The van der Waals surface area contributed by atoms with Gasteiger partial charge in [-0.15, -0.1) is 11.3 Å². The molecule has 1 N–H and O–H groups in total. The number of nitrogens with one attached hydrogen (secondary N) is 1. The van der Waals surface area contributed by atoms with Crippen LogP contribution in [-0.4, -0.2) is 23.6 Å². The fourth-order valence-corrected chi connectivity index (χ4v) is 2.97. The Hall–Kier alpha value is -1.01. The molecule has 0 bridgehead atoms. The van der Waals surface area contributed by atoms with E-state index in [1.54, 1.807) is 24.6 Å². The molecule has 0 radical (unpaired) electrons. The van der Waals surface area contributed by atoms with Crippen molar-refractivity contribution >= 4 is 22.9 Å². The van der Waals surface area contributed by atoms with Crippen LogP contribution in [0.15, 0.2) is 18.3 Å². The maximum absolute atomic E-state index is 6.16. The van der Waals surface area contributed by atoms with Crippen LogP contribution >= 0.6 is 22.9 Å². The summed E-state index contributed by atoms with van der Waals surface area (Å²) in [5, 5.41) is 4.76. The Labute approximate surface area is 121 Å². The number of methoxy groups -OCH3 is 1. The molecule has 0 fully saturated rings. The number of nitrogens with zero attached hydrogens (tertiary/aromatic N) is 2. The third kappa shape index (κ3) is 3.51. The minimum Gasteiger partial charge on any atom is -0.378 e. The highest BCUT2D eigenvalue weighted by molar-refractivity contribution is 7.15. The number of halogens is 1. The van der Waals surface area contributed by atoms with Gasteiger partial charge >= 0.3 is 0 Å². The largest absolute Gasteiger partial charge is 0.378 e. The van der Waals surface area contributed by atoms with E-state index in [0.29, 0.717) is 11.6 Å². The predicted molar refractivity (Wildman–Crippen MR) is 78.4 cm³/mol. The lowest BCUT2D eigenvalue weighted by molar-refractivity contribution is 0.181. The first-order chi connectivity index (χ1) is 9.26. The second kappa shape index (κ2) is 6.96. The lowest BCUT2D eigenvalue weighted by atomic mass is 10.3. The lowest BCUT2D eigenvalue weighted by Gasteiger charge is -2.00. The molecule has 2 aromatic heterocycles. The number of ether oxygens (including phenoxy) is 1. The van der Waals surface area contributed by atoms with Gasteiger partial charge in [0.25, 0.3) is 0 Å². The predicted octanol–water partition coefficient (Wildman–Crippen LogP) is 3.11. The van der Waals surface area contributed by atoms with Crippen LogP contribution in [0.4, 0.5) is 0 Å². The fraction of sp³-hybridized carbons (Fsp3) is 0.385. The number of hydrogen-bond donors (Lipinski definition) is 1. The third-order valence-electron chi connectivity index (χ3n) is 2.56. The molecule has 0 saturated carbocycles. The van der Waals surface area contributed by atoms with Crippen molar-refractivity contribution in [3.63, 3.8) is 0 Å². The van der Waals surface area contributed by atoms with Crippen LogP contribution in [0.1, 0.15) is 17.5 Å². The molecule has 0 aliphatic carbocycles. The van der Waals surface area contributed by atoms with Crippen LogP contribution in [-0.2, 0) is 17.9 Å². The fourth-order valence-electron chi connectivity index (χ4n) is 1.65. The molecule has 0 aromatic carbocycles. The maximum Gasteiger partial charge on any atom is 0.144 e. The van der Waals surface area contributed by atoms with Crippen LogP contribution < -0.4 is 5.32 Å². The van der Waals surface area contributed by atoms with E-state index >= 15 is 0 Å². The van der Waals surface area contributed by atoms with E-state index in [1.165, 1.54) is 4.88 Å². The molecule has 0 saturated heterocycles. The van der Waals surface area contributed by atoms with Crippen molar-refractivity contribution in [2.75, 3.05) is 13.7 Å². The zero-order valence-electron chi connectivity index (χ0n) is 10.9. The van der Waals surface area contributed by atoms with Gasteiger partial charge < -0.3 is 10.1 Å². The van der Waals surface area contributed by atoms with E-state index in [0.717, 1.165) is 29.5 Å².